The number of imidazole rings is 1. The first-order valence-corrected chi connectivity index (χ1v) is 26.4. The number of phosphoric ester groups is 3. The molecule has 0 bridgehead atoms. The number of nitrogens with two attached hydrogens (primary N) is 1. The third-order valence-electron chi connectivity index (χ3n) is 10.0. The monoisotopic (exact) mass is 1000 g/mol. The Kier molecular flexibility index (Phi) is 23.3. The van der Waals surface area contributed by atoms with Gasteiger partial charge in [0.15, 0.2) is 17.7 Å². The predicted octanol–water partition coefficient (Wildman–Crippen LogP) is 3.77. The van der Waals surface area contributed by atoms with Crippen molar-refractivity contribution in [3.8, 4) is 0 Å². The summed E-state index contributed by atoms with van der Waals surface area (Å²) in [6.07, 6.45) is 8.29. The van der Waals surface area contributed by atoms with Gasteiger partial charge in [-0.2, -0.15) is 16.9 Å². The van der Waals surface area contributed by atoms with Crippen molar-refractivity contribution >= 4 is 70.7 Å². The molecule has 1 fully saturated rings. The zero-order valence-electron chi connectivity index (χ0n) is 36.7. The van der Waals surface area contributed by atoms with Gasteiger partial charge in [0.05, 0.1) is 19.5 Å². The number of rotatable bonds is 32. The molecule has 24 nitrogen and oxygen atoms in total. The van der Waals surface area contributed by atoms with E-state index in [4.69, 9.17) is 24.0 Å². The number of carbonyl (C=O) groups is 3. The molecule has 65 heavy (non-hydrogen) atoms. The lowest BCUT2D eigenvalue weighted by molar-refractivity contribution is -0.137. The number of nitrogens with zero attached hydrogens (tertiary/aromatic N) is 4. The average molecular weight is 1000 g/mol. The maximum absolute atomic E-state index is 13.1. The number of hydrogen-bond donors (Lipinski definition) is 10. The number of amides is 2. The number of aliphatic hydroxyl groups is 2. The Labute approximate surface area is 382 Å². The SMILES string of the molecule is CCCCCCCCCCCCCC=CC(=O)c1nc(N)c2ncn([C@@H]3O[C@H](COP(=O)(O)OP(=O)(O)OCC(C)(C)[C@@H](O)C(=O)NCCC(=O)NCCS)[C@@H](OP(=O)(O)O)[C@H]3O)c2n1. The number of aliphatic hydroxyl groups excluding tert-OH is 2. The molecule has 0 radical (unpaired) electrons. The van der Waals surface area contributed by atoms with Crippen molar-refractivity contribution in [3.05, 3.63) is 24.3 Å². The molecule has 3 heterocycles. The largest absolute Gasteiger partial charge is 0.481 e. The van der Waals surface area contributed by atoms with Crippen molar-refractivity contribution in [1.82, 2.24) is 30.2 Å². The van der Waals surface area contributed by atoms with Crippen LogP contribution in [0, 0.1) is 5.41 Å². The molecule has 0 aromatic carbocycles. The summed E-state index contributed by atoms with van der Waals surface area (Å²) in [6, 6.07) is 0. The second kappa shape index (κ2) is 26.7. The third-order valence-corrected chi connectivity index (χ3v) is 13.4. The molecule has 1 aliphatic heterocycles. The Balaban J connectivity index is 1.62. The van der Waals surface area contributed by atoms with Crippen LogP contribution in [0.25, 0.3) is 11.2 Å². The van der Waals surface area contributed by atoms with Crippen molar-refractivity contribution in [3.63, 3.8) is 0 Å². The van der Waals surface area contributed by atoms with Crippen LogP contribution in [-0.4, -0.2) is 123 Å². The van der Waals surface area contributed by atoms with Gasteiger partial charge in [-0.15, -0.1) is 0 Å². The van der Waals surface area contributed by atoms with Crippen LogP contribution in [0.2, 0.25) is 0 Å². The Morgan fingerprint density at radius 3 is 2.18 bits per heavy atom. The Bertz CT molecular complexity index is 2040. The van der Waals surface area contributed by atoms with E-state index in [1.807, 2.05) is 0 Å². The molecule has 2 amide bonds. The van der Waals surface area contributed by atoms with E-state index < -0.39 is 84.4 Å². The number of allylic oxidation sites excluding steroid dienone is 2. The number of anilines is 1. The molecular formula is C37H64N7O17P3S. The molecule has 7 atom stereocenters. The van der Waals surface area contributed by atoms with Crippen molar-refractivity contribution < 1.29 is 80.5 Å². The number of fused-ring (bicyclic) bond motifs is 1. The highest BCUT2D eigenvalue weighted by atomic mass is 32.1. The first kappa shape index (κ1) is 56.6. The highest BCUT2D eigenvalue weighted by Gasteiger charge is 2.50. The Morgan fingerprint density at radius 2 is 1.57 bits per heavy atom. The van der Waals surface area contributed by atoms with Gasteiger partial charge >= 0.3 is 23.5 Å². The summed E-state index contributed by atoms with van der Waals surface area (Å²) in [6.45, 7) is 2.81. The summed E-state index contributed by atoms with van der Waals surface area (Å²) in [7, 11) is -16.6. The first-order chi connectivity index (χ1) is 30.5. The minimum Gasteiger partial charge on any atom is -0.386 e. The fourth-order valence-electron chi connectivity index (χ4n) is 6.50. The summed E-state index contributed by atoms with van der Waals surface area (Å²) in [5.41, 5.74) is 4.29. The standard InChI is InChI=1S/C37H64N7O17P3S/c1-4-5-6-7-8-9-10-11-12-13-14-15-16-17-25(45)33-42-32(38)28-34(43-33)44(24-41-28)36-29(47)30(60-62(50,51)52)26(59-36)22-57-63(53,54)61-64(55,56)58-23-37(2,3)31(48)35(49)40-19-18-27(46)39-20-21-65/h16-17,24,26,29-31,36,47-48,65H,4-15,18-23H2,1-3H3,(H,39,46)(H,40,49)(H,53,54)(H,55,56)(H2,38,42,43)(H2,50,51,52)/t26-,29-,30-,31+,36-/m1/s1. The van der Waals surface area contributed by atoms with E-state index in [-0.39, 0.29) is 41.7 Å². The maximum atomic E-state index is 13.1. The minimum atomic E-state index is -5.63. The van der Waals surface area contributed by atoms with Crippen LogP contribution < -0.4 is 16.4 Å². The number of nitrogen functional groups attached to an aromatic ring is 1. The van der Waals surface area contributed by atoms with E-state index in [1.54, 1.807) is 6.08 Å². The quantitative estimate of drug-likeness (QED) is 0.0164. The summed E-state index contributed by atoms with van der Waals surface area (Å²) >= 11 is 3.97. The third kappa shape index (κ3) is 19.4. The zero-order valence-corrected chi connectivity index (χ0v) is 40.3. The molecule has 370 valence electrons. The highest BCUT2D eigenvalue weighted by molar-refractivity contribution is 7.80. The molecule has 2 unspecified atom stereocenters. The van der Waals surface area contributed by atoms with Crippen LogP contribution in [0.5, 0.6) is 0 Å². The molecule has 0 spiro atoms. The van der Waals surface area contributed by atoms with Crippen molar-refractivity contribution in [2.75, 3.05) is 37.8 Å². The van der Waals surface area contributed by atoms with Gasteiger partial charge in [-0.05, 0) is 18.9 Å². The molecule has 1 saturated heterocycles. The normalized spacial score (nSPS) is 20.5. The van der Waals surface area contributed by atoms with Crippen molar-refractivity contribution in [2.24, 2.45) is 5.41 Å². The lowest BCUT2D eigenvalue weighted by Gasteiger charge is -2.30. The smallest absolute Gasteiger partial charge is 0.386 e. The number of nitrogens with one attached hydrogen (secondary N) is 2. The highest BCUT2D eigenvalue weighted by Crippen LogP contribution is 2.61. The van der Waals surface area contributed by atoms with Gasteiger partial charge in [-0.25, -0.2) is 28.6 Å². The van der Waals surface area contributed by atoms with Gasteiger partial charge in [-0.1, -0.05) is 91.1 Å². The Morgan fingerprint density at radius 1 is 0.954 bits per heavy atom. The average Bonchev–Trinajstić information content (AvgIpc) is 3.79. The molecule has 10 N–H and O–H groups in total. The van der Waals surface area contributed by atoms with Crippen LogP contribution in [0.3, 0.4) is 0 Å². The Hall–Kier alpha value is -2.70. The van der Waals surface area contributed by atoms with Crippen molar-refractivity contribution in [2.45, 2.75) is 135 Å². The fraction of sp³-hybridized carbons (Fsp3) is 0.730. The molecule has 2 aromatic heterocycles. The summed E-state index contributed by atoms with van der Waals surface area (Å²) in [4.78, 5) is 89.5. The topological polar surface area (TPSA) is 364 Å². The maximum Gasteiger partial charge on any atom is 0.481 e. The van der Waals surface area contributed by atoms with E-state index in [0.29, 0.717) is 18.7 Å². The summed E-state index contributed by atoms with van der Waals surface area (Å²) in [5.74, 6) is -2.09. The van der Waals surface area contributed by atoms with E-state index in [0.717, 1.165) is 36.6 Å². The summed E-state index contributed by atoms with van der Waals surface area (Å²) in [5, 5.41) is 26.6. The lowest BCUT2D eigenvalue weighted by atomic mass is 9.87. The van der Waals surface area contributed by atoms with Gasteiger partial charge in [0.1, 0.15) is 29.9 Å². The number of thiol groups is 1. The van der Waals surface area contributed by atoms with Crippen LogP contribution in [-0.2, 0) is 45.9 Å². The van der Waals surface area contributed by atoms with E-state index in [9.17, 15) is 57.9 Å². The number of ether oxygens (including phenoxy) is 1. The van der Waals surface area contributed by atoms with Gasteiger partial charge in [0.2, 0.25) is 23.4 Å². The molecule has 3 rings (SSSR count). The number of unbranched alkanes of at least 4 members (excludes halogenated alkanes) is 11. The zero-order chi connectivity index (χ0) is 48.4. The van der Waals surface area contributed by atoms with E-state index >= 15 is 0 Å². The lowest BCUT2D eigenvalue weighted by Crippen LogP contribution is -2.46. The molecular weight excluding hydrogens is 939 g/mol. The molecule has 1 aliphatic rings. The number of hydrogen-bond acceptors (Lipinski definition) is 18. The van der Waals surface area contributed by atoms with Crippen LogP contribution in [0.1, 0.15) is 121 Å². The number of ketones is 1. The molecule has 0 aliphatic carbocycles. The molecule has 2 aromatic rings. The molecule has 0 saturated carbocycles. The first-order valence-electron chi connectivity index (χ1n) is 21.3. The van der Waals surface area contributed by atoms with E-state index in [1.165, 1.54) is 64.9 Å². The van der Waals surface area contributed by atoms with Gasteiger partial charge in [0, 0.05) is 30.7 Å². The number of aromatic nitrogens is 4. The van der Waals surface area contributed by atoms with Crippen LogP contribution >= 0.6 is 36.1 Å². The fourth-order valence-corrected chi connectivity index (χ4v) is 9.45. The molecule has 28 heteroatoms. The van der Waals surface area contributed by atoms with Crippen LogP contribution in [0.15, 0.2) is 18.5 Å². The van der Waals surface area contributed by atoms with Gasteiger partial charge in [0.25, 0.3) is 0 Å². The number of phosphoric acid groups is 3. The van der Waals surface area contributed by atoms with E-state index in [2.05, 4.69) is 49.4 Å². The van der Waals surface area contributed by atoms with Crippen LogP contribution in [0.4, 0.5) is 5.82 Å². The van der Waals surface area contributed by atoms with Crippen molar-refractivity contribution in [1.29, 1.82) is 0 Å². The predicted molar refractivity (Wildman–Crippen MR) is 238 cm³/mol. The second-order valence-electron chi connectivity index (χ2n) is 16.1. The number of carbonyl (C=O) groups excluding carboxylic acids is 3. The minimum absolute atomic E-state index is 0.0396. The van der Waals surface area contributed by atoms with Gasteiger partial charge in [-0.3, -0.25) is 32.5 Å². The van der Waals surface area contributed by atoms with Gasteiger partial charge < -0.3 is 50.9 Å². The summed E-state index contributed by atoms with van der Waals surface area (Å²) < 4.78 is 62.9. The second-order valence-corrected chi connectivity index (χ2v) is 20.7.